The second-order valence-electron chi connectivity index (χ2n) is 7.71. The number of anilines is 1. The summed E-state index contributed by atoms with van der Waals surface area (Å²) in [5.74, 6) is 0.368. The van der Waals surface area contributed by atoms with E-state index >= 15 is 0 Å². The molecule has 0 aliphatic carbocycles. The average Bonchev–Trinajstić information content (AvgIpc) is 2.58. The van der Waals surface area contributed by atoms with Gasteiger partial charge in [0.2, 0.25) is 0 Å². The number of alkyl carbamates (subject to hydrolysis) is 1. The first-order chi connectivity index (χ1) is 12.2. The molecule has 1 fully saturated rings. The quantitative estimate of drug-likeness (QED) is 0.834. The third kappa shape index (κ3) is 5.48. The van der Waals surface area contributed by atoms with Gasteiger partial charge in [-0.15, -0.1) is 0 Å². The highest BCUT2D eigenvalue weighted by Gasteiger charge is 2.23. The van der Waals surface area contributed by atoms with Crippen LogP contribution >= 0.6 is 0 Å². The molecule has 0 atom stereocenters. The summed E-state index contributed by atoms with van der Waals surface area (Å²) in [6, 6.07) is 7.42. The molecule has 1 aliphatic rings. The van der Waals surface area contributed by atoms with Crippen molar-refractivity contribution < 1.29 is 14.3 Å². The molecule has 26 heavy (non-hydrogen) atoms. The fraction of sp³-hybridized carbons (Fsp3) is 0.550. The predicted molar refractivity (Wildman–Crippen MR) is 100 cm³/mol. The third-order valence-corrected chi connectivity index (χ3v) is 4.41. The Hall–Kier alpha value is -2.55. The third-order valence-electron chi connectivity index (χ3n) is 4.41. The van der Waals surface area contributed by atoms with Gasteiger partial charge in [-0.1, -0.05) is 0 Å². The monoisotopic (exact) mass is 357 g/mol. The van der Waals surface area contributed by atoms with E-state index in [4.69, 9.17) is 4.74 Å². The van der Waals surface area contributed by atoms with Gasteiger partial charge in [0.1, 0.15) is 11.7 Å². The van der Waals surface area contributed by atoms with E-state index < -0.39 is 5.60 Å². The molecule has 1 amide bonds. The molecule has 6 nitrogen and oxygen atoms in total. The van der Waals surface area contributed by atoms with Gasteiger partial charge in [0.15, 0.2) is 5.78 Å². The van der Waals surface area contributed by atoms with E-state index in [1.165, 1.54) is 6.92 Å². The molecule has 0 bridgehead atoms. The summed E-state index contributed by atoms with van der Waals surface area (Å²) >= 11 is 0. The fourth-order valence-corrected chi connectivity index (χ4v) is 3.03. The zero-order valence-electron chi connectivity index (χ0n) is 16.0. The summed E-state index contributed by atoms with van der Waals surface area (Å²) in [7, 11) is 0. The molecule has 6 heteroatoms. The summed E-state index contributed by atoms with van der Waals surface area (Å²) in [5.41, 5.74) is 1.52. The summed E-state index contributed by atoms with van der Waals surface area (Å²) in [4.78, 5) is 25.5. The average molecular weight is 357 g/mol. The topological polar surface area (TPSA) is 82.4 Å². The highest BCUT2D eigenvalue weighted by Crippen LogP contribution is 2.27. The van der Waals surface area contributed by atoms with Crippen LogP contribution in [0, 0.1) is 17.2 Å². The van der Waals surface area contributed by atoms with Crippen LogP contribution in [0.3, 0.4) is 0 Å². The Morgan fingerprint density at radius 3 is 2.50 bits per heavy atom. The van der Waals surface area contributed by atoms with Gasteiger partial charge in [0, 0.05) is 25.2 Å². The number of nitriles is 1. The van der Waals surface area contributed by atoms with Crippen molar-refractivity contribution in [2.45, 2.75) is 46.1 Å². The summed E-state index contributed by atoms with van der Waals surface area (Å²) in [6.45, 7) is 9.21. The molecule has 0 saturated carbocycles. The van der Waals surface area contributed by atoms with Crippen molar-refractivity contribution in [3.8, 4) is 6.07 Å². The summed E-state index contributed by atoms with van der Waals surface area (Å²) < 4.78 is 5.26. The molecule has 0 unspecified atom stereocenters. The number of amides is 1. The second-order valence-corrected chi connectivity index (χ2v) is 7.71. The molecule has 1 aliphatic heterocycles. The smallest absolute Gasteiger partial charge is 0.407 e. The molecule has 1 aromatic carbocycles. The van der Waals surface area contributed by atoms with Crippen LogP contribution in [0.2, 0.25) is 0 Å². The largest absolute Gasteiger partial charge is 0.444 e. The van der Waals surface area contributed by atoms with Gasteiger partial charge in [-0.3, -0.25) is 4.79 Å². The maximum absolute atomic E-state index is 11.8. The molecule has 1 aromatic rings. The van der Waals surface area contributed by atoms with Gasteiger partial charge in [0.05, 0.1) is 11.3 Å². The first-order valence-corrected chi connectivity index (χ1v) is 8.96. The Morgan fingerprint density at radius 1 is 1.31 bits per heavy atom. The first kappa shape index (κ1) is 19.8. The second kappa shape index (κ2) is 8.22. The number of ether oxygens (including phenoxy) is 1. The summed E-state index contributed by atoms with van der Waals surface area (Å²) in [5, 5.41) is 12.2. The normalized spacial score (nSPS) is 15.3. The van der Waals surface area contributed by atoms with Gasteiger partial charge in [-0.05, 0) is 64.7 Å². The van der Waals surface area contributed by atoms with Crippen LogP contribution in [-0.4, -0.2) is 37.1 Å². The van der Waals surface area contributed by atoms with Crippen LogP contribution < -0.4 is 10.2 Å². The lowest BCUT2D eigenvalue weighted by molar-refractivity contribution is 0.0516. The van der Waals surface area contributed by atoms with Crippen LogP contribution in [0.15, 0.2) is 18.2 Å². The van der Waals surface area contributed by atoms with Crippen LogP contribution in [0.25, 0.3) is 0 Å². The Kier molecular flexibility index (Phi) is 6.25. The van der Waals surface area contributed by atoms with E-state index in [0.29, 0.717) is 23.6 Å². The van der Waals surface area contributed by atoms with Crippen molar-refractivity contribution in [2.24, 2.45) is 5.92 Å². The lowest BCUT2D eigenvalue weighted by Crippen LogP contribution is -2.40. The number of nitrogens with zero attached hydrogens (tertiary/aromatic N) is 2. The molecule has 140 valence electrons. The van der Waals surface area contributed by atoms with Crippen molar-refractivity contribution in [1.82, 2.24) is 5.32 Å². The lowest BCUT2D eigenvalue weighted by Gasteiger charge is -2.34. The number of benzene rings is 1. The minimum Gasteiger partial charge on any atom is -0.444 e. The maximum atomic E-state index is 11.8. The van der Waals surface area contributed by atoms with Crippen LogP contribution in [0.4, 0.5) is 10.5 Å². The van der Waals surface area contributed by atoms with Gasteiger partial charge in [0.25, 0.3) is 0 Å². The van der Waals surface area contributed by atoms with Crippen molar-refractivity contribution in [2.75, 3.05) is 24.5 Å². The van der Waals surface area contributed by atoms with Crippen LogP contribution in [0.1, 0.15) is 56.5 Å². The number of piperidine rings is 1. The van der Waals surface area contributed by atoms with E-state index in [0.717, 1.165) is 31.6 Å². The number of carbonyl (C=O) groups is 2. The molecule has 2 rings (SSSR count). The summed E-state index contributed by atoms with van der Waals surface area (Å²) in [6.07, 6.45) is 1.43. The fourth-order valence-electron chi connectivity index (χ4n) is 3.03. The molecular weight excluding hydrogens is 330 g/mol. The van der Waals surface area contributed by atoms with Gasteiger partial charge in [-0.25, -0.2) is 4.79 Å². The SMILES string of the molecule is CC(=O)c1ccc(C#N)c(N2CCC(CNC(=O)OC(C)(C)C)CC2)c1. The van der Waals surface area contributed by atoms with E-state index in [9.17, 15) is 14.9 Å². The number of hydrogen-bond donors (Lipinski definition) is 1. The van der Waals surface area contributed by atoms with Gasteiger partial charge >= 0.3 is 6.09 Å². The lowest BCUT2D eigenvalue weighted by atomic mass is 9.95. The molecule has 0 aromatic heterocycles. The molecule has 1 N–H and O–H groups in total. The predicted octanol–water partition coefficient (Wildman–Crippen LogP) is 3.50. The zero-order chi connectivity index (χ0) is 19.3. The number of hydrogen-bond acceptors (Lipinski definition) is 5. The number of Topliss-reactive ketones (excluding diaryl/α,β-unsaturated/α-hetero) is 1. The Labute approximate surface area is 155 Å². The molecule has 1 heterocycles. The number of carbonyl (C=O) groups excluding carboxylic acids is 2. The van der Waals surface area contributed by atoms with Crippen molar-refractivity contribution >= 4 is 17.6 Å². The minimum atomic E-state index is -0.497. The molecular formula is C20H27N3O3. The highest BCUT2D eigenvalue weighted by atomic mass is 16.6. The van der Waals surface area contributed by atoms with E-state index in [2.05, 4.69) is 16.3 Å². The van der Waals surface area contributed by atoms with Crippen molar-refractivity contribution in [3.63, 3.8) is 0 Å². The van der Waals surface area contributed by atoms with E-state index in [1.54, 1.807) is 18.2 Å². The Balaban J connectivity index is 1.92. The first-order valence-electron chi connectivity index (χ1n) is 8.96. The number of ketones is 1. The number of rotatable bonds is 4. The molecule has 0 spiro atoms. The minimum absolute atomic E-state index is 0.00723. The van der Waals surface area contributed by atoms with Crippen LogP contribution in [0.5, 0.6) is 0 Å². The number of nitrogens with one attached hydrogen (secondary N) is 1. The standard InChI is InChI=1S/C20H27N3O3/c1-14(24)16-5-6-17(12-21)18(11-16)23-9-7-15(8-10-23)13-22-19(25)26-20(2,3)4/h5-6,11,15H,7-10,13H2,1-4H3,(H,22,25). The Bertz CT molecular complexity index is 708. The highest BCUT2D eigenvalue weighted by molar-refractivity contribution is 5.95. The van der Waals surface area contributed by atoms with Crippen molar-refractivity contribution in [1.29, 1.82) is 5.26 Å². The van der Waals surface area contributed by atoms with Crippen LogP contribution in [-0.2, 0) is 4.74 Å². The molecule has 0 radical (unpaired) electrons. The van der Waals surface area contributed by atoms with Gasteiger partial charge < -0.3 is 15.0 Å². The van der Waals surface area contributed by atoms with E-state index in [-0.39, 0.29) is 11.9 Å². The van der Waals surface area contributed by atoms with Gasteiger partial charge in [-0.2, -0.15) is 5.26 Å². The van der Waals surface area contributed by atoms with E-state index in [1.807, 2.05) is 20.8 Å². The zero-order valence-corrected chi connectivity index (χ0v) is 16.0. The molecule has 1 saturated heterocycles. The maximum Gasteiger partial charge on any atom is 0.407 e. The van der Waals surface area contributed by atoms with Crippen molar-refractivity contribution in [3.05, 3.63) is 29.3 Å². The Morgan fingerprint density at radius 2 is 1.96 bits per heavy atom.